The quantitative estimate of drug-likeness (QED) is 0.486. The lowest BCUT2D eigenvalue weighted by Gasteiger charge is -2.33. The van der Waals surface area contributed by atoms with Gasteiger partial charge in [-0.25, -0.2) is 0 Å². The molecule has 1 aliphatic heterocycles. The number of carbonyl (C=O) groups excluding carboxylic acids is 3. The number of rotatable bonds is 9. The summed E-state index contributed by atoms with van der Waals surface area (Å²) in [6.07, 6.45) is 1.28. The summed E-state index contributed by atoms with van der Waals surface area (Å²) < 4.78 is 0. The van der Waals surface area contributed by atoms with Crippen molar-refractivity contribution in [3.8, 4) is 0 Å². The molecule has 1 aliphatic rings. The van der Waals surface area contributed by atoms with Crippen LogP contribution < -0.4 is 10.2 Å². The van der Waals surface area contributed by atoms with Gasteiger partial charge in [-0.05, 0) is 55.3 Å². The van der Waals surface area contributed by atoms with E-state index in [1.165, 1.54) is 0 Å². The van der Waals surface area contributed by atoms with Gasteiger partial charge in [-0.2, -0.15) is 0 Å². The number of hydrogen-bond donors (Lipinski definition) is 1. The van der Waals surface area contributed by atoms with Gasteiger partial charge in [0.15, 0.2) is 0 Å². The number of amides is 3. The SMILES string of the molecule is CCC(C)NC(=O)C(CC)N(Cc1ccccc1C)C(=O)CN1C(=O)c2cccc3cccc1c23. The normalized spacial score (nSPS) is 14.2. The van der Waals surface area contributed by atoms with Gasteiger partial charge in [-0.15, -0.1) is 0 Å². The molecule has 3 aromatic rings. The summed E-state index contributed by atoms with van der Waals surface area (Å²) in [6.45, 7) is 8.07. The second-order valence-corrected chi connectivity index (χ2v) is 9.26. The summed E-state index contributed by atoms with van der Waals surface area (Å²) in [6, 6.07) is 18.6. The van der Waals surface area contributed by atoms with Gasteiger partial charge in [0.1, 0.15) is 12.6 Å². The predicted molar refractivity (Wildman–Crippen MR) is 139 cm³/mol. The van der Waals surface area contributed by atoms with Crippen LogP contribution >= 0.6 is 0 Å². The van der Waals surface area contributed by atoms with Gasteiger partial charge in [-0.1, -0.05) is 62.4 Å². The van der Waals surface area contributed by atoms with Crippen molar-refractivity contribution in [3.63, 3.8) is 0 Å². The van der Waals surface area contributed by atoms with Crippen molar-refractivity contribution in [3.05, 3.63) is 77.4 Å². The molecule has 0 saturated carbocycles. The summed E-state index contributed by atoms with van der Waals surface area (Å²) in [7, 11) is 0. The Kier molecular flexibility index (Phi) is 7.20. The Morgan fingerprint density at radius 3 is 2.37 bits per heavy atom. The minimum atomic E-state index is -0.632. The second-order valence-electron chi connectivity index (χ2n) is 9.26. The molecule has 0 fully saturated rings. The average Bonchev–Trinajstić information content (AvgIpc) is 3.12. The Hall–Kier alpha value is -3.67. The van der Waals surface area contributed by atoms with Crippen LogP contribution in [0.1, 0.15) is 55.1 Å². The Morgan fingerprint density at radius 2 is 1.69 bits per heavy atom. The van der Waals surface area contributed by atoms with E-state index in [4.69, 9.17) is 0 Å². The molecule has 6 heteroatoms. The van der Waals surface area contributed by atoms with Gasteiger partial charge < -0.3 is 10.2 Å². The monoisotopic (exact) mass is 471 g/mol. The molecule has 2 unspecified atom stereocenters. The maximum atomic E-state index is 13.8. The highest BCUT2D eigenvalue weighted by Crippen LogP contribution is 2.37. The van der Waals surface area contributed by atoms with Crippen LogP contribution in [0.3, 0.4) is 0 Å². The van der Waals surface area contributed by atoms with Crippen molar-refractivity contribution in [2.45, 2.75) is 59.2 Å². The summed E-state index contributed by atoms with van der Waals surface area (Å²) >= 11 is 0. The molecule has 0 spiro atoms. The van der Waals surface area contributed by atoms with Crippen molar-refractivity contribution in [2.75, 3.05) is 11.4 Å². The molecule has 4 rings (SSSR count). The molecule has 6 nitrogen and oxygen atoms in total. The summed E-state index contributed by atoms with van der Waals surface area (Å²) in [4.78, 5) is 43.5. The zero-order valence-corrected chi connectivity index (χ0v) is 20.9. The van der Waals surface area contributed by atoms with Gasteiger partial charge in [0.25, 0.3) is 5.91 Å². The summed E-state index contributed by atoms with van der Waals surface area (Å²) in [5.74, 6) is -0.599. The zero-order valence-electron chi connectivity index (χ0n) is 20.9. The number of benzene rings is 3. The first-order valence-corrected chi connectivity index (χ1v) is 12.3. The topological polar surface area (TPSA) is 69.7 Å². The lowest BCUT2D eigenvalue weighted by Crippen LogP contribution is -2.53. The number of aryl methyl sites for hydroxylation is 1. The Morgan fingerprint density at radius 1 is 0.971 bits per heavy atom. The molecule has 0 aliphatic carbocycles. The van der Waals surface area contributed by atoms with Crippen LogP contribution in [0.5, 0.6) is 0 Å². The fraction of sp³-hybridized carbons (Fsp3) is 0.345. The Bertz CT molecular complexity index is 1260. The molecule has 0 bridgehead atoms. The van der Waals surface area contributed by atoms with Gasteiger partial charge in [0.2, 0.25) is 11.8 Å². The number of carbonyl (C=O) groups is 3. The van der Waals surface area contributed by atoms with Gasteiger partial charge >= 0.3 is 0 Å². The number of nitrogens with zero attached hydrogens (tertiary/aromatic N) is 2. The van der Waals surface area contributed by atoms with Crippen LogP contribution in [0, 0.1) is 6.92 Å². The molecular weight excluding hydrogens is 438 g/mol. The van der Waals surface area contributed by atoms with Gasteiger partial charge in [0, 0.05) is 23.5 Å². The maximum Gasteiger partial charge on any atom is 0.259 e. The van der Waals surface area contributed by atoms with Crippen LogP contribution in [0.2, 0.25) is 0 Å². The molecule has 0 saturated heterocycles. The van der Waals surface area contributed by atoms with Gasteiger partial charge in [-0.3, -0.25) is 19.3 Å². The second kappa shape index (κ2) is 10.3. The van der Waals surface area contributed by atoms with E-state index in [0.29, 0.717) is 18.5 Å². The van der Waals surface area contributed by atoms with Crippen LogP contribution in [-0.2, 0) is 16.1 Å². The van der Waals surface area contributed by atoms with Crippen molar-refractivity contribution in [2.24, 2.45) is 0 Å². The van der Waals surface area contributed by atoms with E-state index in [2.05, 4.69) is 5.32 Å². The minimum absolute atomic E-state index is 0.0132. The molecule has 1 N–H and O–H groups in total. The van der Waals surface area contributed by atoms with Crippen LogP contribution in [-0.4, -0.2) is 41.2 Å². The minimum Gasteiger partial charge on any atom is -0.352 e. The fourth-order valence-corrected chi connectivity index (χ4v) is 4.69. The van der Waals surface area contributed by atoms with E-state index in [0.717, 1.165) is 34.0 Å². The predicted octanol–water partition coefficient (Wildman–Crippen LogP) is 4.83. The lowest BCUT2D eigenvalue weighted by atomic mass is 10.1. The molecule has 2 atom stereocenters. The highest BCUT2D eigenvalue weighted by molar-refractivity contribution is 6.26. The van der Waals surface area contributed by atoms with E-state index < -0.39 is 6.04 Å². The van der Waals surface area contributed by atoms with E-state index in [1.54, 1.807) is 15.9 Å². The molecule has 182 valence electrons. The lowest BCUT2D eigenvalue weighted by molar-refractivity contribution is -0.140. The smallest absolute Gasteiger partial charge is 0.259 e. The fourth-order valence-electron chi connectivity index (χ4n) is 4.69. The van der Waals surface area contributed by atoms with Crippen molar-refractivity contribution >= 4 is 34.2 Å². The number of nitrogens with one attached hydrogen (secondary N) is 1. The third-order valence-electron chi connectivity index (χ3n) is 6.93. The van der Waals surface area contributed by atoms with Crippen LogP contribution in [0.25, 0.3) is 10.8 Å². The highest BCUT2D eigenvalue weighted by Gasteiger charge is 2.35. The molecule has 35 heavy (non-hydrogen) atoms. The van der Waals surface area contributed by atoms with Crippen LogP contribution in [0.4, 0.5) is 5.69 Å². The molecule has 1 heterocycles. The standard InChI is InChI=1S/C29H33N3O3/c1-5-20(4)30-28(34)24(6-2)31(17-22-12-8-7-11-19(22)3)26(33)18-32-25-16-10-14-21-13-9-15-23(27(21)25)29(32)35/h7-16,20,24H,5-6,17-18H2,1-4H3,(H,30,34). The van der Waals surface area contributed by atoms with E-state index in [9.17, 15) is 14.4 Å². The first kappa shape index (κ1) is 24.5. The Balaban J connectivity index is 1.66. The van der Waals surface area contributed by atoms with E-state index in [-0.39, 0.29) is 30.3 Å². The first-order chi connectivity index (χ1) is 16.8. The van der Waals surface area contributed by atoms with E-state index >= 15 is 0 Å². The largest absolute Gasteiger partial charge is 0.352 e. The van der Waals surface area contributed by atoms with E-state index in [1.807, 2.05) is 82.3 Å². The number of anilines is 1. The molecule has 3 amide bonds. The van der Waals surface area contributed by atoms with Crippen molar-refractivity contribution in [1.82, 2.24) is 10.2 Å². The van der Waals surface area contributed by atoms with Gasteiger partial charge in [0.05, 0.1) is 5.69 Å². The number of hydrogen-bond acceptors (Lipinski definition) is 3. The molecule has 0 aromatic heterocycles. The Labute approximate surface area is 206 Å². The van der Waals surface area contributed by atoms with Crippen molar-refractivity contribution < 1.29 is 14.4 Å². The summed E-state index contributed by atoms with van der Waals surface area (Å²) in [5, 5.41) is 4.88. The average molecular weight is 472 g/mol. The van der Waals surface area contributed by atoms with Crippen molar-refractivity contribution in [1.29, 1.82) is 0 Å². The third-order valence-corrected chi connectivity index (χ3v) is 6.93. The molecule has 3 aromatic carbocycles. The molecule has 0 radical (unpaired) electrons. The maximum absolute atomic E-state index is 13.8. The highest BCUT2D eigenvalue weighted by atomic mass is 16.2. The first-order valence-electron chi connectivity index (χ1n) is 12.3. The zero-order chi connectivity index (χ0) is 25.1. The van der Waals surface area contributed by atoms with Crippen LogP contribution in [0.15, 0.2) is 60.7 Å². The molecular formula is C29H33N3O3. The third kappa shape index (κ3) is 4.78. The summed E-state index contributed by atoms with van der Waals surface area (Å²) in [5.41, 5.74) is 3.38.